The van der Waals surface area contributed by atoms with Crippen molar-refractivity contribution in [3.05, 3.63) is 146 Å². The van der Waals surface area contributed by atoms with E-state index in [2.05, 4.69) is 160 Å². The number of phosphoric ester groups is 1. The zero-order valence-corrected chi connectivity index (χ0v) is 58.1. The standard InChI is InChI=1S/C78H132NO8P/c1-6-8-10-12-14-16-18-20-22-24-26-28-30-31-32-33-34-35-36-37-38-39-40-41-42-43-44-45-46-47-49-50-52-54-56-58-60-62-64-66-68-70-77(80)84-74-76(75-86-88(82,83)85-73-72-79(3,4)5)87-78(81)71-69-67-65-63-61-59-57-55-53-51-48-29-27-25-23-21-19-17-15-13-11-9-7-2/h8-11,14-17,20-23,26-29,31-32,51,53,57,59,63,65,76H,6-7,12-13,18-19,24-25,30,33-50,52,54-56,58,60-62,64,66-75H2,1-5H3/p+1/b10-8-,11-9-,16-14-,17-15-,22-20-,23-21-,28-26-,29-27-,32-31-,53-51-,59-57-,65-63-. The Labute approximate surface area is 542 Å². The van der Waals surface area contributed by atoms with Gasteiger partial charge < -0.3 is 18.9 Å². The highest BCUT2D eigenvalue weighted by atomic mass is 31.2. The lowest BCUT2D eigenvalue weighted by molar-refractivity contribution is -0.870. The molecule has 9 nitrogen and oxygen atoms in total. The summed E-state index contributed by atoms with van der Waals surface area (Å²) in [6.07, 6.45) is 99.8. The molecule has 0 saturated heterocycles. The number of ether oxygens (including phenoxy) is 2. The minimum atomic E-state index is -4.41. The van der Waals surface area contributed by atoms with Crippen LogP contribution in [0, 0.1) is 0 Å². The minimum absolute atomic E-state index is 0.0153. The molecule has 0 aliphatic carbocycles. The second-order valence-electron chi connectivity index (χ2n) is 24.5. The highest BCUT2D eigenvalue weighted by molar-refractivity contribution is 7.47. The lowest BCUT2D eigenvalue weighted by Gasteiger charge is -2.24. The molecule has 0 bridgehead atoms. The summed E-state index contributed by atoms with van der Waals surface area (Å²) in [4.78, 5) is 35.8. The van der Waals surface area contributed by atoms with Crippen LogP contribution in [-0.4, -0.2) is 74.9 Å². The van der Waals surface area contributed by atoms with Gasteiger partial charge in [0.25, 0.3) is 0 Å². The Morgan fingerprint density at radius 2 is 0.625 bits per heavy atom. The number of nitrogens with zero attached hydrogens (tertiary/aromatic N) is 1. The van der Waals surface area contributed by atoms with Gasteiger partial charge in [0.05, 0.1) is 27.7 Å². The third-order valence-corrected chi connectivity index (χ3v) is 15.8. The average Bonchev–Trinajstić information content (AvgIpc) is 3.68. The van der Waals surface area contributed by atoms with E-state index in [0.29, 0.717) is 23.9 Å². The summed E-state index contributed by atoms with van der Waals surface area (Å²) in [5, 5.41) is 0. The maximum Gasteiger partial charge on any atom is 0.472 e. The first-order valence-electron chi connectivity index (χ1n) is 35.6. The molecule has 502 valence electrons. The summed E-state index contributed by atoms with van der Waals surface area (Å²) in [5.41, 5.74) is 0. The van der Waals surface area contributed by atoms with Crippen molar-refractivity contribution in [1.82, 2.24) is 0 Å². The lowest BCUT2D eigenvalue weighted by Crippen LogP contribution is -2.37. The SMILES string of the molecule is CC/C=C\C/C=C\C/C=C\C/C=C\C/C=C\C/C=C\C/C=C\CCCC(=O)OC(COC(=O)CCCCCCCCCCCCCCCCCCCCCCCCCCC/C=C\C/C=C\C/C=C\C/C=C\C/C=C\CC)COP(=O)(O)OCC[N+](C)(C)C. The summed E-state index contributed by atoms with van der Waals surface area (Å²) < 4.78 is 34.6. The summed E-state index contributed by atoms with van der Waals surface area (Å²) in [6.45, 7) is 4.14. The van der Waals surface area contributed by atoms with Gasteiger partial charge in [0.2, 0.25) is 0 Å². The number of quaternary nitrogens is 1. The van der Waals surface area contributed by atoms with E-state index in [4.69, 9.17) is 18.5 Å². The van der Waals surface area contributed by atoms with Gasteiger partial charge in [-0.15, -0.1) is 0 Å². The molecule has 0 spiro atoms. The molecule has 0 heterocycles. The molecule has 0 saturated carbocycles. The van der Waals surface area contributed by atoms with E-state index in [1.54, 1.807) is 0 Å². The number of rotatable bonds is 64. The van der Waals surface area contributed by atoms with Crippen LogP contribution in [0.1, 0.15) is 284 Å². The first-order chi connectivity index (χ1) is 43.0. The van der Waals surface area contributed by atoms with Crippen LogP contribution >= 0.6 is 7.82 Å². The quantitative estimate of drug-likeness (QED) is 0.0211. The number of hydrogen-bond donors (Lipinski definition) is 1. The minimum Gasteiger partial charge on any atom is -0.462 e. The van der Waals surface area contributed by atoms with Crippen molar-refractivity contribution in [2.24, 2.45) is 0 Å². The second kappa shape index (κ2) is 67.3. The van der Waals surface area contributed by atoms with Gasteiger partial charge >= 0.3 is 19.8 Å². The molecule has 0 aromatic heterocycles. The molecule has 0 radical (unpaired) electrons. The molecule has 0 aliphatic heterocycles. The van der Waals surface area contributed by atoms with Crippen LogP contribution < -0.4 is 0 Å². The summed E-state index contributed by atoms with van der Waals surface area (Å²) in [7, 11) is 1.43. The molecule has 2 atom stereocenters. The van der Waals surface area contributed by atoms with E-state index in [1.807, 2.05) is 21.1 Å². The first kappa shape index (κ1) is 83.9. The monoisotopic (exact) mass is 1240 g/mol. The van der Waals surface area contributed by atoms with Gasteiger partial charge in [0, 0.05) is 12.8 Å². The van der Waals surface area contributed by atoms with Gasteiger partial charge in [0.15, 0.2) is 6.10 Å². The van der Waals surface area contributed by atoms with Crippen molar-refractivity contribution in [2.75, 3.05) is 47.5 Å². The third-order valence-electron chi connectivity index (χ3n) is 14.9. The highest BCUT2D eigenvalue weighted by Crippen LogP contribution is 2.43. The Bertz CT molecular complexity index is 2000. The fraction of sp³-hybridized carbons (Fsp3) is 0.667. The van der Waals surface area contributed by atoms with E-state index >= 15 is 0 Å². The molecule has 10 heteroatoms. The van der Waals surface area contributed by atoms with Crippen LogP contribution in [0.25, 0.3) is 0 Å². The van der Waals surface area contributed by atoms with Gasteiger partial charge in [-0.1, -0.05) is 307 Å². The maximum absolute atomic E-state index is 12.8. The molecular formula is C78H133NO8P+. The molecule has 0 rings (SSSR count). The van der Waals surface area contributed by atoms with E-state index in [1.165, 1.54) is 148 Å². The fourth-order valence-corrected chi connectivity index (χ4v) is 10.2. The molecule has 1 N–H and O–H groups in total. The number of hydrogen-bond acceptors (Lipinski definition) is 7. The van der Waals surface area contributed by atoms with Crippen LogP contribution in [0.5, 0.6) is 0 Å². The summed E-state index contributed by atoms with van der Waals surface area (Å²) in [6, 6.07) is 0. The van der Waals surface area contributed by atoms with Crippen molar-refractivity contribution in [3.8, 4) is 0 Å². The Morgan fingerprint density at radius 1 is 0.352 bits per heavy atom. The van der Waals surface area contributed by atoms with Crippen molar-refractivity contribution in [2.45, 2.75) is 290 Å². The van der Waals surface area contributed by atoms with Crippen molar-refractivity contribution in [1.29, 1.82) is 0 Å². The summed E-state index contributed by atoms with van der Waals surface area (Å²) in [5.74, 6) is -0.866. The number of allylic oxidation sites excluding steroid dienone is 24. The Kier molecular flexibility index (Phi) is 64.1. The summed E-state index contributed by atoms with van der Waals surface area (Å²) >= 11 is 0. The van der Waals surface area contributed by atoms with Gasteiger partial charge in [-0.3, -0.25) is 18.6 Å². The first-order valence-corrected chi connectivity index (χ1v) is 37.1. The van der Waals surface area contributed by atoms with Crippen LogP contribution in [-0.2, 0) is 32.7 Å². The topological polar surface area (TPSA) is 108 Å². The number of carbonyl (C=O) groups excluding carboxylic acids is 2. The predicted molar refractivity (Wildman–Crippen MR) is 380 cm³/mol. The maximum atomic E-state index is 12.8. The van der Waals surface area contributed by atoms with Crippen LogP contribution in [0.4, 0.5) is 0 Å². The number of phosphoric acid groups is 1. The largest absolute Gasteiger partial charge is 0.472 e. The Morgan fingerprint density at radius 3 is 0.943 bits per heavy atom. The number of carbonyl (C=O) groups is 2. The molecule has 0 aromatic rings. The van der Waals surface area contributed by atoms with Crippen LogP contribution in [0.3, 0.4) is 0 Å². The van der Waals surface area contributed by atoms with E-state index in [0.717, 1.165) is 96.3 Å². The molecule has 2 unspecified atom stereocenters. The van der Waals surface area contributed by atoms with Crippen molar-refractivity contribution >= 4 is 19.8 Å². The lowest BCUT2D eigenvalue weighted by atomic mass is 10.0. The molecule has 0 fully saturated rings. The van der Waals surface area contributed by atoms with Gasteiger partial charge in [-0.05, 0) is 109 Å². The van der Waals surface area contributed by atoms with Gasteiger partial charge in [0.1, 0.15) is 19.8 Å². The highest BCUT2D eigenvalue weighted by Gasteiger charge is 2.27. The predicted octanol–water partition coefficient (Wildman–Crippen LogP) is 23.4. The number of likely N-dealkylation sites (N-methyl/N-ethyl adjacent to an activating group) is 1. The van der Waals surface area contributed by atoms with Crippen LogP contribution in [0.15, 0.2) is 146 Å². The average molecular weight is 1240 g/mol. The normalized spacial score (nSPS) is 14.0. The smallest absolute Gasteiger partial charge is 0.462 e. The molecule has 88 heavy (non-hydrogen) atoms. The van der Waals surface area contributed by atoms with E-state index in [9.17, 15) is 19.0 Å². The molecule has 0 aromatic carbocycles. The van der Waals surface area contributed by atoms with E-state index in [-0.39, 0.29) is 32.0 Å². The number of unbranched alkanes of at least 4 members (excludes halogenated alkanes) is 26. The zero-order chi connectivity index (χ0) is 64.1. The second-order valence-corrected chi connectivity index (χ2v) is 26.0. The van der Waals surface area contributed by atoms with Gasteiger partial charge in [-0.25, -0.2) is 4.57 Å². The molecule has 0 aliphatic rings. The Hall–Kier alpha value is -4.11. The third kappa shape index (κ3) is 71.0. The van der Waals surface area contributed by atoms with Crippen molar-refractivity contribution < 1.29 is 42.1 Å². The van der Waals surface area contributed by atoms with Crippen LogP contribution in [0.2, 0.25) is 0 Å². The number of esters is 2. The van der Waals surface area contributed by atoms with E-state index < -0.39 is 26.5 Å². The van der Waals surface area contributed by atoms with Crippen molar-refractivity contribution in [3.63, 3.8) is 0 Å². The molecular weight excluding hydrogens is 1110 g/mol. The zero-order valence-electron chi connectivity index (χ0n) is 57.2. The van der Waals surface area contributed by atoms with Gasteiger partial charge in [-0.2, -0.15) is 0 Å². The fourth-order valence-electron chi connectivity index (χ4n) is 9.50. The Balaban J connectivity index is 4.01. The molecule has 0 amide bonds.